The lowest BCUT2D eigenvalue weighted by atomic mass is 10.0. The summed E-state index contributed by atoms with van der Waals surface area (Å²) in [5, 5.41) is 9.21. The maximum absolute atomic E-state index is 12.8. The van der Waals surface area contributed by atoms with Crippen LogP contribution in [-0.4, -0.2) is 31.7 Å². The molecular formula is C31H27F3N6O2S. The molecule has 8 nitrogen and oxygen atoms in total. The van der Waals surface area contributed by atoms with E-state index < -0.39 is 12.4 Å². The molecule has 2 aromatic heterocycles. The van der Waals surface area contributed by atoms with Gasteiger partial charge in [-0.15, -0.1) is 29.6 Å². The van der Waals surface area contributed by atoms with E-state index in [-0.39, 0.29) is 5.75 Å². The van der Waals surface area contributed by atoms with E-state index in [4.69, 9.17) is 0 Å². The third kappa shape index (κ3) is 7.09. The first-order valence-corrected chi connectivity index (χ1v) is 14.2. The number of ether oxygens (including phenoxy) is 1. The molecule has 0 atom stereocenters. The molecule has 0 saturated carbocycles. The Morgan fingerprint density at radius 3 is 2.44 bits per heavy atom. The van der Waals surface area contributed by atoms with E-state index in [9.17, 15) is 18.0 Å². The van der Waals surface area contributed by atoms with Crippen LogP contribution < -0.4 is 14.9 Å². The Hall–Kier alpha value is -4.97. The van der Waals surface area contributed by atoms with E-state index >= 15 is 0 Å². The summed E-state index contributed by atoms with van der Waals surface area (Å²) >= 11 is 1.39. The minimum atomic E-state index is -4.75. The predicted molar refractivity (Wildman–Crippen MR) is 159 cm³/mol. The van der Waals surface area contributed by atoms with E-state index in [1.165, 1.54) is 46.6 Å². The zero-order valence-electron chi connectivity index (χ0n) is 23.5. The Morgan fingerprint density at radius 1 is 1.02 bits per heavy atom. The van der Waals surface area contributed by atoms with Crippen LogP contribution in [0.3, 0.4) is 0 Å². The molecule has 5 rings (SSSR count). The Bertz CT molecular complexity index is 1830. The molecule has 0 saturated heterocycles. The van der Waals surface area contributed by atoms with Crippen LogP contribution in [-0.2, 0) is 6.42 Å². The maximum Gasteiger partial charge on any atom is 0.573 e. The number of rotatable bonds is 7. The Labute approximate surface area is 249 Å². The summed E-state index contributed by atoms with van der Waals surface area (Å²) < 4.78 is 44.5. The van der Waals surface area contributed by atoms with Gasteiger partial charge in [-0.1, -0.05) is 49.4 Å². The lowest BCUT2D eigenvalue weighted by Gasteiger charge is -2.10. The number of alkyl halides is 3. The molecule has 12 heteroatoms. The minimum absolute atomic E-state index is 0.316. The third-order valence-corrected chi connectivity index (χ3v) is 7.44. The van der Waals surface area contributed by atoms with Gasteiger partial charge in [-0.3, -0.25) is 4.57 Å². The molecule has 1 N–H and O–H groups in total. The second kappa shape index (κ2) is 12.5. The molecule has 220 valence electrons. The number of carbonyl (C=O) groups is 1. The number of hydrogen-bond acceptors (Lipinski definition) is 5. The van der Waals surface area contributed by atoms with Crippen molar-refractivity contribution in [2.24, 2.45) is 4.99 Å². The summed E-state index contributed by atoms with van der Waals surface area (Å²) in [7, 11) is 0. The summed E-state index contributed by atoms with van der Waals surface area (Å²) in [5.41, 5.74) is 5.86. The SMILES string of the molecule is CCc1ccccc1-n1ccsc1=NC(=O)N/C(C)=C(\C)c1ccc(-c2ncn(-c3ccc(OC(F)(F)F)cc3)n2)cc1. The number of nitrogens with zero attached hydrogens (tertiary/aromatic N) is 5. The average molecular weight is 605 g/mol. The van der Waals surface area contributed by atoms with Crippen molar-refractivity contribution in [2.75, 3.05) is 0 Å². The number of nitrogens with one attached hydrogen (secondary N) is 1. The van der Waals surface area contributed by atoms with Crippen molar-refractivity contribution >= 4 is 22.9 Å². The number of aromatic nitrogens is 4. The van der Waals surface area contributed by atoms with Crippen LogP contribution in [0.15, 0.2) is 101 Å². The van der Waals surface area contributed by atoms with Crippen molar-refractivity contribution in [3.63, 3.8) is 0 Å². The number of thiazole rings is 1. The number of urea groups is 1. The van der Waals surface area contributed by atoms with Crippen LogP contribution >= 0.6 is 11.3 Å². The molecule has 5 aromatic rings. The number of para-hydroxylation sites is 1. The first-order valence-electron chi connectivity index (χ1n) is 13.3. The van der Waals surface area contributed by atoms with Crippen LogP contribution in [0.2, 0.25) is 0 Å². The number of halogens is 3. The maximum atomic E-state index is 12.8. The second-order valence-electron chi connectivity index (χ2n) is 9.46. The number of amides is 2. The average Bonchev–Trinajstić information content (AvgIpc) is 3.67. The van der Waals surface area contributed by atoms with Crippen molar-refractivity contribution in [1.29, 1.82) is 0 Å². The molecule has 0 radical (unpaired) electrons. The van der Waals surface area contributed by atoms with Gasteiger partial charge >= 0.3 is 12.4 Å². The molecule has 0 bridgehead atoms. The molecule has 0 unspecified atom stereocenters. The van der Waals surface area contributed by atoms with Gasteiger partial charge in [0.15, 0.2) is 10.6 Å². The first-order chi connectivity index (χ1) is 20.6. The summed E-state index contributed by atoms with van der Waals surface area (Å²) in [6, 6.07) is 20.4. The monoisotopic (exact) mass is 604 g/mol. The number of allylic oxidation sites excluding steroid dienone is 2. The molecule has 2 amide bonds. The quantitative estimate of drug-likeness (QED) is 0.211. The molecule has 3 aromatic carbocycles. The fourth-order valence-electron chi connectivity index (χ4n) is 4.36. The lowest BCUT2D eigenvalue weighted by molar-refractivity contribution is -0.274. The normalized spacial score (nSPS) is 12.7. The minimum Gasteiger partial charge on any atom is -0.406 e. The standard InChI is InChI=1S/C31H27F3N6O2S/c1-4-22-7-5-6-8-27(22)39-17-18-43-30(39)37-29(41)36-21(3)20(2)23-9-11-24(12-10-23)28-35-19-40(38-28)25-13-15-26(16-14-25)42-31(32,33)34/h5-19H,4H2,1-3H3,(H,36,41)/b21-20+,37-30?. The highest BCUT2D eigenvalue weighted by atomic mass is 32.1. The highest BCUT2D eigenvalue weighted by molar-refractivity contribution is 7.07. The largest absolute Gasteiger partial charge is 0.573 e. The van der Waals surface area contributed by atoms with Gasteiger partial charge in [-0.2, -0.15) is 4.99 Å². The smallest absolute Gasteiger partial charge is 0.406 e. The van der Waals surface area contributed by atoms with Gasteiger partial charge in [-0.25, -0.2) is 14.5 Å². The van der Waals surface area contributed by atoms with Gasteiger partial charge < -0.3 is 10.1 Å². The van der Waals surface area contributed by atoms with Crippen molar-refractivity contribution in [3.05, 3.63) is 112 Å². The van der Waals surface area contributed by atoms with E-state index in [0.29, 0.717) is 22.0 Å². The molecule has 2 heterocycles. The molecule has 0 aliphatic heterocycles. The first kappa shape index (κ1) is 29.5. The van der Waals surface area contributed by atoms with E-state index in [2.05, 4.69) is 38.1 Å². The van der Waals surface area contributed by atoms with Crippen LogP contribution in [0.5, 0.6) is 5.75 Å². The number of aryl methyl sites for hydroxylation is 1. The molecule has 0 aliphatic rings. The zero-order valence-corrected chi connectivity index (χ0v) is 24.3. The molecule has 0 fully saturated rings. The predicted octanol–water partition coefficient (Wildman–Crippen LogP) is 7.31. The third-order valence-electron chi connectivity index (χ3n) is 6.68. The Morgan fingerprint density at radius 2 is 1.74 bits per heavy atom. The van der Waals surface area contributed by atoms with E-state index in [1.807, 2.05) is 72.5 Å². The van der Waals surface area contributed by atoms with Gasteiger partial charge in [-0.05, 0) is 67.3 Å². The summed E-state index contributed by atoms with van der Waals surface area (Å²) in [6.45, 7) is 5.82. The summed E-state index contributed by atoms with van der Waals surface area (Å²) in [4.78, 5) is 22.0. The van der Waals surface area contributed by atoms with Crippen LogP contribution in [0.4, 0.5) is 18.0 Å². The summed E-state index contributed by atoms with van der Waals surface area (Å²) in [5.74, 6) is 0.130. The van der Waals surface area contributed by atoms with Crippen molar-refractivity contribution in [2.45, 2.75) is 33.6 Å². The summed E-state index contributed by atoms with van der Waals surface area (Å²) in [6.07, 6.45) is -0.506. The number of benzene rings is 3. The van der Waals surface area contributed by atoms with Gasteiger partial charge in [0.05, 0.1) is 11.4 Å². The van der Waals surface area contributed by atoms with Crippen molar-refractivity contribution < 1.29 is 22.7 Å². The fourth-order valence-corrected chi connectivity index (χ4v) is 5.07. The fraction of sp³-hybridized carbons (Fsp3) is 0.161. The molecule has 0 aliphatic carbocycles. The van der Waals surface area contributed by atoms with Crippen LogP contribution in [0.1, 0.15) is 31.9 Å². The van der Waals surface area contributed by atoms with Crippen molar-refractivity contribution in [1.82, 2.24) is 24.6 Å². The van der Waals surface area contributed by atoms with Gasteiger partial charge in [0.2, 0.25) is 0 Å². The molecule has 43 heavy (non-hydrogen) atoms. The zero-order chi connectivity index (χ0) is 30.6. The van der Waals surface area contributed by atoms with Gasteiger partial charge in [0, 0.05) is 22.8 Å². The lowest BCUT2D eigenvalue weighted by Crippen LogP contribution is -2.23. The second-order valence-corrected chi connectivity index (χ2v) is 10.3. The molecule has 0 spiro atoms. The van der Waals surface area contributed by atoms with Crippen LogP contribution in [0, 0.1) is 0 Å². The Kier molecular flexibility index (Phi) is 8.58. The van der Waals surface area contributed by atoms with Gasteiger partial charge in [0.1, 0.15) is 12.1 Å². The Balaban J connectivity index is 1.28. The van der Waals surface area contributed by atoms with E-state index in [0.717, 1.165) is 34.4 Å². The highest BCUT2D eigenvalue weighted by Crippen LogP contribution is 2.25. The topological polar surface area (TPSA) is 86.3 Å². The highest BCUT2D eigenvalue weighted by Gasteiger charge is 2.31. The van der Waals surface area contributed by atoms with Gasteiger partial charge in [0.25, 0.3) is 0 Å². The van der Waals surface area contributed by atoms with Crippen LogP contribution in [0.25, 0.3) is 28.3 Å². The molecular weight excluding hydrogens is 577 g/mol. The van der Waals surface area contributed by atoms with Crippen molar-refractivity contribution in [3.8, 4) is 28.5 Å². The number of hydrogen-bond donors (Lipinski definition) is 1. The van der Waals surface area contributed by atoms with E-state index in [1.54, 1.807) is 0 Å². The number of carbonyl (C=O) groups excluding carboxylic acids is 1.